The molecule has 0 radical (unpaired) electrons. The monoisotopic (exact) mass is 299 g/mol. The van der Waals surface area contributed by atoms with Crippen molar-refractivity contribution in [1.29, 1.82) is 0 Å². The molecular weight excluding hydrogens is 286 g/mol. The fourth-order valence-corrected chi connectivity index (χ4v) is 2.21. The number of hydrogen-bond acceptors (Lipinski definition) is 1. The van der Waals surface area contributed by atoms with Crippen molar-refractivity contribution < 1.29 is 0 Å². The van der Waals surface area contributed by atoms with E-state index in [1.807, 2.05) is 26.1 Å². The van der Waals surface area contributed by atoms with Gasteiger partial charge >= 0.3 is 0 Å². The summed E-state index contributed by atoms with van der Waals surface area (Å²) >= 11 is 9.65. The van der Waals surface area contributed by atoms with Crippen molar-refractivity contribution in [1.82, 2.24) is 5.32 Å². The van der Waals surface area contributed by atoms with Crippen LogP contribution in [0, 0.1) is 11.8 Å². The Labute approximate surface area is 111 Å². The zero-order valence-electron chi connectivity index (χ0n) is 9.48. The van der Waals surface area contributed by atoms with E-state index in [2.05, 4.69) is 39.2 Å². The van der Waals surface area contributed by atoms with E-state index in [4.69, 9.17) is 11.6 Å². The highest BCUT2D eigenvalue weighted by Gasteiger charge is 2.12. The zero-order chi connectivity index (χ0) is 12.0. The molecule has 0 aliphatic heterocycles. The van der Waals surface area contributed by atoms with Gasteiger partial charge in [-0.1, -0.05) is 27.5 Å². The van der Waals surface area contributed by atoms with E-state index in [1.165, 1.54) is 0 Å². The standard InChI is InChI=1S/C13H15BrClN/c1-3-4-5-6-13(16-2)11-9-10(14)7-8-12(11)15/h7-9,13,16H,5-6H2,1-2H3. The largest absolute Gasteiger partial charge is 0.313 e. The van der Waals surface area contributed by atoms with Crippen molar-refractivity contribution in [2.45, 2.75) is 25.8 Å². The van der Waals surface area contributed by atoms with Crippen molar-refractivity contribution in [3.63, 3.8) is 0 Å². The van der Waals surface area contributed by atoms with Crippen LogP contribution >= 0.6 is 27.5 Å². The third kappa shape index (κ3) is 3.83. The summed E-state index contributed by atoms with van der Waals surface area (Å²) in [5.74, 6) is 5.98. The Morgan fingerprint density at radius 2 is 2.25 bits per heavy atom. The topological polar surface area (TPSA) is 12.0 Å². The number of rotatable bonds is 4. The molecule has 0 spiro atoms. The van der Waals surface area contributed by atoms with Crippen molar-refractivity contribution >= 4 is 27.5 Å². The highest BCUT2D eigenvalue weighted by molar-refractivity contribution is 9.10. The molecule has 1 rings (SSSR count). The lowest BCUT2D eigenvalue weighted by Gasteiger charge is -2.17. The van der Waals surface area contributed by atoms with Gasteiger partial charge in [-0.05, 0) is 44.2 Å². The second-order valence-corrected chi connectivity index (χ2v) is 4.80. The van der Waals surface area contributed by atoms with E-state index in [0.29, 0.717) is 0 Å². The molecule has 0 amide bonds. The fraction of sp³-hybridized carbons (Fsp3) is 0.385. The summed E-state index contributed by atoms with van der Waals surface area (Å²) in [6, 6.07) is 6.18. The van der Waals surface area contributed by atoms with Crippen LogP contribution in [0.25, 0.3) is 0 Å². The van der Waals surface area contributed by atoms with Gasteiger partial charge in [0.25, 0.3) is 0 Å². The summed E-state index contributed by atoms with van der Waals surface area (Å²) in [6.07, 6.45) is 1.85. The van der Waals surface area contributed by atoms with Crippen LogP contribution in [-0.2, 0) is 0 Å². The molecule has 0 saturated heterocycles. The summed E-state index contributed by atoms with van der Waals surface area (Å²) in [5, 5.41) is 4.07. The fourth-order valence-electron chi connectivity index (χ4n) is 1.58. The highest BCUT2D eigenvalue weighted by Crippen LogP contribution is 2.28. The molecule has 16 heavy (non-hydrogen) atoms. The lowest BCUT2D eigenvalue weighted by atomic mass is 10.0. The van der Waals surface area contributed by atoms with Crippen molar-refractivity contribution in [2.75, 3.05) is 7.05 Å². The Balaban J connectivity index is 2.84. The summed E-state index contributed by atoms with van der Waals surface area (Å²) < 4.78 is 1.05. The first kappa shape index (κ1) is 13.6. The molecule has 0 fully saturated rings. The number of nitrogens with one attached hydrogen (secondary N) is 1. The van der Waals surface area contributed by atoms with E-state index in [1.54, 1.807) is 0 Å². The van der Waals surface area contributed by atoms with E-state index in [0.717, 1.165) is 27.9 Å². The molecular formula is C13H15BrClN. The zero-order valence-corrected chi connectivity index (χ0v) is 11.8. The van der Waals surface area contributed by atoms with Gasteiger partial charge in [0.05, 0.1) is 0 Å². The maximum Gasteiger partial charge on any atom is 0.0454 e. The molecule has 0 aliphatic rings. The van der Waals surface area contributed by atoms with E-state index in [-0.39, 0.29) is 6.04 Å². The Morgan fingerprint density at radius 3 is 2.88 bits per heavy atom. The van der Waals surface area contributed by atoms with Gasteiger partial charge in [-0.15, -0.1) is 11.8 Å². The van der Waals surface area contributed by atoms with Gasteiger partial charge in [0, 0.05) is 22.0 Å². The van der Waals surface area contributed by atoms with Gasteiger partial charge in [0.15, 0.2) is 0 Å². The van der Waals surface area contributed by atoms with Gasteiger partial charge in [-0.2, -0.15) is 0 Å². The van der Waals surface area contributed by atoms with Crippen LogP contribution in [0.4, 0.5) is 0 Å². The number of hydrogen-bond donors (Lipinski definition) is 1. The van der Waals surface area contributed by atoms with Crippen molar-refractivity contribution in [3.8, 4) is 11.8 Å². The lowest BCUT2D eigenvalue weighted by molar-refractivity contribution is 0.558. The van der Waals surface area contributed by atoms with Gasteiger partial charge in [-0.25, -0.2) is 0 Å². The van der Waals surface area contributed by atoms with Gasteiger partial charge < -0.3 is 5.32 Å². The maximum atomic E-state index is 6.19. The first-order chi connectivity index (χ1) is 7.69. The molecule has 0 aliphatic carbocycles. The van der Waals surface area contributed by atoms with E-state index in [9.17, 15) is 0 Å². The van der Waals surface area contributed by atoms with Crippen molar-refractivity contribution in [3.05, 3.63) is 33.3 Å². The van der Waals surface area contributed by atoms with Gasteiger partial charge in [0.1, 0.15) is 0 Å². The van der Waals surface area contributed by atoms with E-state index >= 15 is 0 Å². The van der Waals surface area contributed by atoms with Crippen LogP contribution in [0.5, 0.6) is 0 Å². The summed E-state index contributed by atoms with van der Waals surface area (Å²) in [5.41, 5.74) is 1.12. The average Bonchev–Trinajstić information content (AvgIpc) is 2.28. The molecule has 1 atom stereocenters. The summed E-state index contributed by atoms with van der Waals surface area (Å²) in [6.45, 7) is 1.86. The predicted molar refractivity (Wildman–Crippen MR) is 73.6 cm³/mol. The predicted octanol–water partition coefficient (Wildman–Crippen LogP) is 4.17. The molecule has 3 heteroatoms. The van der Waals surface area contributed by atoms with Crippen LogP contribution < -0.4 is 5.32 Å². The minimum atomic E-state index is 0.255. The SMILES string of the molecule is CC#CCCC(NC)c1cc(Br)ccc1Cl. The third-order valence-corrected chi connectivity index (χ3v) is 3.25. The first-order valence-electron chi connectivity index (χ1n) is 5.21. The Bertz CT molecular complexity index is 406. The lowest BCUT2D eigenvalue weighted by Crippen LogP contribution is -2.16. The summed E-state index contributed by atoms with van der Waals surface area (Å²) in [7, 11) is 1.95. The van der Waals surface area contributed by atoms with Crippen molar-refractivity contribution in [2.24, 2.45) is 0 Å². The molecule has 1 aromatic rings. The average molecular weight is 301 g/mol. The maximum absolute atomic E-state index is 6.19. The molecule has 86 valence electrons. The number of halogens is 2. The van der Waals surface area contributed by atoms with E-state index < -0.39 is 0 Å². The van der Waals surface area contributed by atoms with Crippen LogP contribution in [0.1, 0.15) is 31.4 Å². The quantitative estimate of drug-likeness (QED) is 0.823. The Kier molecular flexibility index (Phi) is 5.90. The minimum absolute atomic E-state index is 0.255. The Morgan fingerprint density at radius 1 is 1.50 bits per heavy atom. The van der Waals surface area contributed by atoms with Gasteiger partial charge in [0.2, 0.25) is 0 Å². The molecule has 1 unspecified atom stereocenters. The molecule has 1 nitrogen and oxygen atoms in total. The molecule has 0 heterocycles. The third-order valence-electron chi connectivity index (χ3n) is 2.42. The van der Waals surface area contributed by atoms with Crippen LogP contribution in [0.3, 0.4) is 0 Å². The van der Waals surface area contributed by atoms with Crippen LogP contribution in [-0.4, -0.2) is 7.05 Å². The Hall–Kier alpha value is -0.490. The molecule has 1 N–H and O–H groups in total. The van der Waals surface area contributed by atoms with Crippen LogP contribution in [0.15, 0.2) is 22.7 Å². The molecule has 1 aromatic carbocycles. The normalized spacial score (nSPS) is 11.8. The molecule has 0 bridgehead atoms. The van der Waals surface area contributed by atoms with Gasteiger partial charge in [-0.3, -0.25) is 0 Å². The number of benzene rings is 1. The molecule has 0 saturated carbocycles. The minimum Gasteiger partial charge on any atom is -0.313 e. The first-order valence-corrected chi connectivity index (χ1v) is 6.38. The molecule has 0 aromatic heterocycles. The second-order valence-electron chi connectivity index (χ2n) is 3.47. The van der Waals surface area contributed by atoms with Crippen LogP contribution in [0.2, 0.25) is 5.02 Å². The second kappa shape index (κ2) is 6.96. The highest BCUT2D eigenvalue weighted by atomic mass is 79.9. The summed E-state index contributed by atoms with van der Waals surface area (Å²) in [4.78, 5) is 0. The smallest absolute Gasteiger partial charge is 0.0454 e.